The molecule has 0 saturated carbocycles. The molecular weight excluding hydrogens is 562 g/mol. The van der Waals surface area contributed by atoms with E-state index in [1.54, 1.807) is 7.05 Å². The van der Waals surface area contributed by atoms with Gasteiger partial charge in [-0.25, -0.2) is 0 Å². The number of unbranched alkanes of at least 4 members (excludes halogenated alkanes) is 20. The van der Waals surface area contributed by atoms with Gasteiger partial charge in [0.25, 0.3) is 0 Å². The minimum absolute atomic E-state index is 0.0517. The molecule has 0 fully saturated rings. The maximum absolute atomic E-state index is 13.4. The number of aliphatic imine (C=N–C) groups is 1. The number of carbonyl (C=O) groups excluding carboxylic acids is 2. The van der Waals surface area contributed by atoms with E-state index in [1.165, 1.54) is 116 Å². The molecular formula is C36H75N7O2. The van der Waals surface area contributed by atoms with Crippen molar-refractivity contribution in [3.63, 3.8) is 0 Å². The highest BCUT2D eigenvalue weighted by Gasteiger charge is 2.23. The molecule has 0 bridgehead atoms. The number of nitrogens with two attached hydrogens (primary N) is 3. The van der Waals surface area contributed by atoms with Crippen LogP contribution in [0.4, 0.5) is 0 Å². The van der Waals surface area contributed by atoms with Crippen molar-refractivity contribution in [3.05, 3.63) is 0 Å². The van der Waals surface area contributed by atoms with Crippen LogP contribution in [0, 0.1) is 0 Å². The van der Waals surface area contributed by atoms with Gasteiger partial charge in [-0.3, -0.25) is 14.6 Å². The van der Waals surface area contributed by atoms with E-state index >= 15 is 0 Å². The third-order valence-corrected chi connectivity index (χ3v) is 8.80. The number of amides is 2. The molecule has 0 aliphatic heterocycles. The quantitative estimate of drug-likeness (QED) is 0.0314. The van der Waals surface area contributed by atoms with Gasteiger partial charge in [-0.15, -0.1) is 0 Å². The summed E-state index contributed by atoms with van der Waals surface area (Å²) in [5.74, 6) is -0.161. The van der Waals surface area contributed by atoms with Crippen LogP contribution in [0.1, 0.15) is 168 Å². The van der Waals surface area contributed by atoms with Crippen molar-refractivity contribution in [2.75, 3.05) is 33.2 Å². The first-order valence-electron chi connectivity index (χ1n) is 18.9. The Hall–Kier alpha value is -1.87. The second kappa shape index (κ2) is 32.1. The largest absolute Gasteiger partial charge is 0.370 e. The van der Waals surface area contributed by atoms with Crippen LogP contribution in [0.15, 0.2) is 4.99 Å². The standard InChI is InChI=1S/C36H75N7O2/c1-4-6-8-10-12-14-16-17-19-21-23-25-30-43(29-24-22-20-18-15-13-11-9-7-5-2)35(45)32(37)31-42-34(44)33(40-3)27-26-28-41-36(38)39/h32-33,40H,4-31,37H2,1-3H3,(H,42,44)(H4,38,39,41). The minimum atomic E-state index is -0.742. The van der Waals surface area contributed by atoms with Gasteiger partial charge in [0.1, 0.15) is 6.04 Å². The number of likely N-dealkylation sites (N-methyl/N-ethyl adjacent to an activating group) is 1. The van der Waals surface area contributed by atoms with Crippen LogP contribution in [0.25, 0.3) is 0 Å². The van der Waals surface area contributed by atoms with Crippen LogP contribution in [0.5, 0.6) is 0 Å². The molecule has 0 radical (unpaired) electrons. The molecule has 266 valence electrons. The van der Waals surface area contributed by atoms with E-state index < -0.39 is 6.04 Å². The Morgan fingerprint density at radius 1 is 0.644 bits per heavy atom. The Morgan fingerprint density at radius 3 is 1.42 bits per heavy atom. The first-order chi connectivity index (χ1) is 21.9. The summed E-state index contributed by atoms with van der Waals surface area (Å²) in [5.41, 5.74) is 17.1. The van der Waals surface area contributed by atoms with Crippen LogP contribution in [-0.2, 0) is 9.59 Å². The summed E-state index contributed by atoms with van der Waals surface area (Å²) in [4.78, 5) is 32.1. The van der Waals surface area contributed by atoms with Gasteiger partial charge in [0.2, 0.25) is 11.8 Å². The van der Waals surface area contributed by atoms with E-state index in [0.717, 1.165) is 38.8 Å². The van der Waals surface area contributed by atoms with Crippen molar-refractivity contribution in [3.8, 4) is 0 Å². The van der Waals surface area contributed by atoms with E-state index in [-0.39, 0.29) is 30.4 Å². The van der Waals surface area contributed by atoms with Gasteiger partial charge in [-0.1, -0.05) is 142 Å². The number of nitrogens with zero attached hydrogens (tertiary/aromatic N) is 2. The van der Waals surface area contributed by atoms with Crippen molar-refractivity contribution in [1.29, 1.82) is 0 Å². The molecule has 2 amide bonds. The fraction of sp³-hybridized carbons (Fsp3) is 0.917. The van der Waals surface area contributed by atoms with Crippen LogP contribution in [-0.4, -0.2) is 68.0 Å². The van der Waals surface area contributed by atoms with Crippen molar-refractivity contribution in [1.82, 2.24) is 15.5 Å². The zero-order chi connectivity index (χ0) is 33.4. The second-order valence-electron chi connectivity index (χ2n) is 13.0. The summed E-state index contributed by atoms with van der Waals surface area (Å²) in [7, 11) is 1.75. The second-order valence-corrected chi connectivity index (χ2v) is 13.0. The molecule has 45 heavy (non-hydrogen) atoms. The molecule has 0 aliphatic carbocycles. The van der Waals surface area contributed by atoms with E-state index in [2.05, 4.69) is 29.5 Å². The molecule has 0 spiro atoms. The van der Waals surface area contributed by atoms with Crippen LogP contribution in [0.3, 0.4) is 0 Å². The Labute approximate surface area is 278 Å². The van der Waals surface area contributed by atoms with E-state index in [0.29, 0.717) is 19.4 Å². The van der Waals surface area contributed by atoms with Gasteiger partial charge >= 0.3 is 0 Å². The van der Waals surface area contributed by atoms with Gasteiger partial charge in [0, 0.05) is 26.2 Å². The van der Waals surface area contributed by atoms with E-state index in [1.807, 2.05) is 4.90 Å². The average Bonchev–Trinajstić information content (AvgIpc) is 3.03. The van der Waals surface area contributed by atoms with Crippen LogP contribution in [0.2, 0.25) is 0 Å². The predicted molar refractivity (Wildman–Crippen MR) is 193 cm³/mol. The highest BCUT2D eigenvalue weighted by Crippen LogP contribution is 2.14. The van der Waals surface area contributed by atoms with Gasteiger partial charge in [0.05, 0.1) is 6.04 Å². The summed E-state index contributed by atoms with van der Waals surface area (Å²) >= 11 is 0. The summed E-state index contributed by atoms with van der Waals surface area (Å²) in [5, 5.41) is 5.92. The first-order valence-corrected chi connectivity index (χ1v) is 18.9. The number of nitrogens with one attached hydrogen (secondary N) is 2. The van der Waals surface area contributed by atoms with Crippen molar-refractivity contribution >= 4 is 17.8 Å². The number of carbonyl (C=O) groups is 2. The van der Waals surface area contributed by atoms with Gasteiger partial charge < -0.3 is 32.7 Å². The Balaban J connectivity index is 4.57. The van der Waals surface area contributed by atoms with Gasteiger partial charge in [-0.05, 0) is 32.7 Å². The molecule has 0 aromatic carbocycles. The summed E-state index contributed by atoms with van der Waals surface area (Å²) < 4.78 is 0. The van der Waals surface area contributed by atoms with Crippen molar-refractivity contribution in [2.45, 2.75) is 180 Å². The number of guanidine groups is 1. The minimum Gasteiger partial charge on any atom is -0.370 e. The molecule has 2 unspecified atom stereocenters. The average molecular weight is 638 g/mol. The molecule has 9 heteroatoms. The molecule has 0 saturated heterocycles. The van der Waals surface area contributed by atoms with Gasteiger partial charge in [0.15, 0.2) is 5.96 Å². The van der Waals surface area contributed by atoms with Crippen LogP contribution < -0.4 is 27.8 Å². The third-order valence-electron chi connectivity index (χ3n) is 8.80. The van der Waals surface area contributed by atoms with Crippen molar-refractivity contribution < 1.29 is 9.59 Å². The number of rotatable bonds is 33. The highest BCUT2D eigenvalue weighted by atomic mass is 16.2. The lowest BCUT2D eigenvalue weighted by atomic mass is 10.0. The molecule has 0 aliphatic rings. The first kappa shape index (κ1) is 43.1. The lowest BCUT2D eigenvalue weighted by molar-refractivity contribution is -0.133. The lowest BCUT2D eigenvalue weighted by Gasteiger charge is -2.26. The topological polar surface area (TPSA) is 152 Å². The zero-order valence-electron chi connectivity index (χ0n) is 29.9. The van der Waals surface area contributed by atoms with Gasteiger partial charge in [-0.2, -0.15) is 0 Å². The van der Waals surface area contributed by atoms with Crippen molar-refractivity contribution in [2.24, 2.45) is 22.2 Å². The maximum atomic E-state index is 13.4. The number of hydrogen-bond donors (Lipinski definition) is 5. The summed E-state index contributed by atoms with van der Waals surface area (Å²) in [6.45, 7) is 6.63. The zero-order valence-corrected chi connectivity index (χ0v) is 29.9. The fourth-order valence-corrected chi connectivity index (χ4v) is 5.83. The smallest absolute Gasteiger partial charge is 0.241 e. The maximum Gasteiger partial charge on any atom is 0.241 e. The Kier molecular flexibility index (Phi) is 30.8. The molecule has 0 aromatic rings. The molecule has 2 atom stereocenters. The fourth-order valence-electron chi connectivity index (χ4n) is 5.83. The molecule has 8 N–H and O–H groups in total. The molecule has 0 aromatic heterocycles. The molecule has 0 rings (SSSR count). The lowest BCUT2D eigenvalue weighted by Crippen LogP contribution is -2.52. The van der Waals surface area contributed by atoms with Crippen LogP contribution >= 0.6 is 0 Å². The normalized spacial score (nSPS) is 12.5. The molecule has 0 heterocycles. The Morgan fingerprint density at radius 2 is 1.04 bits per heavy atom. The SMILES string of the molecule is CCCCCCCCCCCCCCN(CCCCCCCCCCCC)C(=O)C(N)CNC(=O)C(CCCN=C(N)N)NC. The number of hydrogen-bond acceptors (Lipinski definition) is 5. The molecule has 9 nitrogen and oxygen atoms in total. The summed E-state index contributed by atoms with van der Waals surface area (Å²) in [6.07, 6.45) is 29.5. The Bertz CT molecular complexity index is 716. The van der Waals surface area contributed by atoms with E-state index in [9.17, 15) is 9.59 Å². The third kappa shape index (κ3) is 27.0. The predicted octanol–water partition coefficient (Wildman–Crippen LogP) is 6.52. The monoisotopic (exact) mass is 638 g/mol. The summed E-state index contributed by atoms with van der Waals surface area (Å²) in [6, 6.07) is -1.13. The highest BCUT2D eigenvalue weighted by molar-refractivity contribution is 5.85. The van der Waals surface area contributed by atoms with E-state index in [4.69, 9.17) is 17.2 Å².